The fourth-order valence-electron chi connectivity index (χ4n) is 3.61. The van der Waals surface area contributed by atoms with E-state index in [0.29, 0.717) is 19.7 Å². The molecule has 1 aliphatic rings. The number of aryl methyl sites for hydroxylation is 1. The van der Waals surface area contributed by atoms with Crippen molar-refractivity contribution in [3.63, 3.8) is 0 Å². The number of carbonyl (C=O) groups excluding carboxylic acids is 1. The lowest BCUT2D eigenvalue weighted by molar-refractivity contribution is -0.101. The maximum absolute atomic E-state index is 12.8. The zero-order valence-corrected chi connectivity index (χ0v) is 16.3. The molecule has 2 N–H and O–H groups in total. The van der Waals surface area contributed by atoms with Gasteiger partial charge in [0.2, 0.25) is 0 Å². The van der Waals surface area contributed by atoms with Crippen molar-refractivity contribution in [3.8, 4) is 0 Å². The molecule has 2 amide bonds. The molecule has 1 aromatic carbocycles. The van der Waals surface area contributed by atoms with E-state index in [1.54, 1.807) is 0 Å². The molecule has 3 rings (SSSR count). The zero-order chi connectivity index (χ0) is 18.7. The van der Waals surface area contributed by atoms with E-state index in [-0.39, 0.29) is 17.7 Å². The molecular formula is C20H30N4O2. The zero-order valence-electron chi connectivity index (χ0n) is 16.3. The fraction of sp³-hybridized carbons (Fsp3) is 0.600. The number of nitrogens with zero attached hydrogens (tertiary/aromatic N) is 2. The molecule has 1 fully saturated rings. The van der Waals surface area contributed by atoms with E-state index < -0.39 is 0 Å². The third-order valence-electron chi connectivity index (χ3n) is 5.52. The van der Waals surface area contributed by atoms with Gasteiger partial charge in [-0.3, -0.25) is 0 Å². The molecule has 0 unspecified atom stereocenters. The van der Waals surface area contributed by atoms with E-state index in [0.717, 1.165) is 36.1 Å². The number of morpholine rings is 1. The van der Waals surface area contributed by atoms with Gasteiger partial charge in [-0.25, -0.2) is 9.78 Å². The lowest BCUT2D eigenvalue weighted by Gasteiger charge is -2.42. The van der Waals surface area contributed by atoms with Crippen molar-refractivity contribution in [2.75, 3.05) is 19.7 Å². The van der Waals surface area contributed by atoms with Crippen LogP contribution in [0.4, 0.5) is 4.79 Å². The van der Waals surface area contributed by atoms with E-state index in [9.17, 15) is 4.79 Å². The first-order valence-corrected chi connectivity index (χ1v) is 9.66. The molecule has 1 saturated heterocycles. The molecule has 0 spiro atoms. The molecule has 142 valence electrons. The number of H-pyrrole nitrogens is 1. The highest BCUT2D eigenvalue weighted by molar-refractivity contribution is 5.77. The lowest BCUT2D eigenvalue weighted by Crippen LogP contribution is -2.55. The second-order valence-electron chi connectivity index (χ2n) is 7.21. The highest BCUT2D eigenvalue weighted by Crippen LogP contribution is 2.26. The molecule has 2 aromatic rings. The van der Waals surface area contributed by atoms with Crippen molar-refractivity contribution < 1.29 is 9.53 Å². The minimum Gasteiger partial charge on any atom is -0.371 e. The Morgan fingerprint density at radius 1 is 1.38 bits per heavy atom. The summed E-state index contributed by atoms with van der Waals surface area (Å²) in [7, 11) is 0. The van der Waals surface area contributed by atoms with Gasteiger partial charge in [0.15, 0.2) is 0 Å². The SMILES string of the molecule is CC[C@H](NC(=O)N1CCOC(CC)(CC)C1)c1nc2ccc(C)cc2[nH]1. The van der Waals surface area contributed by atoms with E-state index in [1.807, 2.05) is 11.0 Å². The van der Waals surface area contributed by atoms with Crippen LogP contribution in [0.5, 0.6) is 0 Å². The van der Waals surface area contributed by atoms with Gasteiger partial charge in [0, 0.05) is 6.54 Å². The van der Waals surface area contributed by atoms with Crippen LogP contribution < -0.4 is 5.32 Å². The quantitative estimate of drug-likeness (QED) is 0.851. The van der Waals surface area contributed by atoms with Crippen LogP contribution in [0.2, 0.25) is 0 Å². The summed E-state index contributed by atoms with van der Waals surface area (Å²) in [5, 5.41) is 3.15. The molecule has 1 aromatic heterocycles. The van der Waals surface area contributed by atoms with Gasteiger partial charge < -0.3 is 19.9 Å². The Hall–Kier alpha value is -2.08. The van der Waals surface area contributed by atoms with E-state index in [2.05, 4.69) is 55.1 Å². The first kappa shape index (κ1) is 18.7. The van der Waals surface area contributed by atoms with Gasteiger partial charge >= 0.3 is 6.03 Å². The van der Waals surface area contributed by atoms with Crippen molar-refractivity contribution in [3.05, 3.63) is 29.6 Å². The normalized spacial score (nSPS) is 18.1. The number of ether oxygens (including phenoxy) is 1. The van der Waals surface area contributed by atoms with Gasteiger partial charge in [0.25, 0.3) is 0 Å². The molecule has 0 aliphatic carbocycles. The molecule has 6 heteroatoms. The summed E-state index contributed by atoms with van der Waals surface area (Å²) in [4.78, 5) is 22.8. The van der Waals surface area contributed by atoms with Gasteiger partial charge in [-0.15, -0.1) is 0 Å². The molecule has 26 heavy (non-hydrogen) atoms. The number of urea groups is 1. The minimum absolute atomic E-state index is 0.0388. The second-order valence-corrected chi connectivity index (χ2v) is 7.21. The Labute approximate surface area is 155 Å². The fourth-order valence-corrected chi connectivity index (χ4v) is 3.61. The Bertz CT molecular complexity index is 766. The van der Waals surface area contributed by atoms with E-state index in [4.69, 9.17) is 4.74 Å². The average molecular weight is 358 g/mol. The van der Waals surface area contributed by atoms with Crippen molar-refractivity contribution in [2.24, 2.45) is 0 Å². The standard InChI is InChI=1S/C20H30N4O2/c1-5-15(18-21-16-9-8-14(4)12-17(16)22-18)23-19(25)24-10-11-26-20(6-2,7-3)13-24/h8-9,12,15H,5-7,10-11,13H2,1-4H3,(H,21,22)(H,23,25)/t15-/m0/s1. The molecule has 1 aliphatic heterocycles. The highest BCUT2D eigenvalue weighted by Gasteiger charge is 2.35. The maximum atomic E-state index is 12.8. The number of nitrogens with one attached hydrogen (secondary N) is 2. The molecular weight excluding hydrogens is 328 g/mol. The third kappa shape index (κ3) is 3.70. The number of hydrogen-bond acceptors (Lipinski definition) is 3. The monoisotopic (exact) mass is 358 g/mol. The summed E-state index contributed by atoms with van der Waals surface area (Å²) in [6, 6.07) is 5.98. The van der Waals surface area contributed by atoms with Gasteiger partial charge in [0.1, 0.15) is 5.82 Å². The summed E-state index contributed by atoms with van der Waals surface area (Å²) >= 11 is 0. The first-order valence-electron chi connectivity index (χ1n) is 9.66. The second kappa shape index (κ2) is 7.66. The molecule has 0 bridgehead atoms. The van der Waals surface area contributed by atoms with Crippen LogP contribution in [0.25, 0.3) is 11.0 Å². The number of hydrogen-bond donors (Lipinski definition) is 2. The number of benzene rings is 1. The van der Waals surface area contributed by atoms with Crippen LogP contribution in [-0.2, 0) is 4.74 Å². The summed E-state index contributed by atoms with van der Waals surface area (Å²) in [5.41, 5.74) is 2.91. The Balaban J connectivity index is 1.73. The molecule has 6 nitrogen and oxygen atoms in total. The van der Waals surface area contributed by atoms with Crippen molar-refractivity contribution in [1.82, 2.24) is 20.2 Å². The van der Waals surface area contributed by atoms with E-state index >= 15 is 0 Å². The molecule has 0 radical (unpaired) electrons. The molecule has 1 atom stereocenters. The van der Waals surface area contributed by atoms with Crippen LogP contribution in [0.1, 0.15) is 57.5 Å². The summed E-state index contributed by atoms with van der Waals surface area (Å²) in [6.07, 6.45) is 2.60. The molecule has 0 saturated carbocycles. The van der Waals surface area contributed by atoms with Crippen molar-refractivity contribution in [1.29, 1.82) is 0 Å². The number of rotatable bonds is 5. The Morgan fingerprint density at radius 3 is 2.85 bits per heavy atom. The van der Waals surface area contributed by atoms with Crippen LogP contribution in [0.3, 0.4) is 0 Å². The van der Waals surface area contributed by atoms with Gasteiger partial charge in [-0.05, 0) is 43.9 Å². The van der Waals surface area contributed by atoms with Crippen LogP contribution in [0.15, 0.2) is 18.2 Å². The number of imidazole rings is 1. The van der Waals surface area contributed by atoms with Gasteiger partial charge in [0.05, 0.1) is 35.8 Å². The number of carbonyl (C=O) groups is 1. The van der Waals surface area contributed by atoms with E-state index in [1.165, 1.54) is 5.56 Å². The number of amides is 2. The summed E-state index contributed by atoms with van der Waals surface area (Å²) in [5.74, 6) is 0.812. The number of aromatic nitrogens is 2. The van der Waals surface area contributed by atoms with Crippen LogP contribution in [0, 0.1) is 6.92 Å². The topological polar surface area (TPSA) is 70.2 Å². The number of fused-ring (bicyclic) bond motifs is 1. The Kier molecular flexibility index (Phi) is 5.51. The maximum Gasteiger partial charge on any atom is 0.318 e. The van der Waals surface area contributed by atoms with Crippen LogP contribution >= 0.6 is 0 Å². The van der Waals surface area contributed by atoms with Crippen molar-refractivity contribution >= 4 is 17.1 Å². The third-order valence-corrected chi connectivity index (χ3v) is 5.52. The predicted molar refractivity (Wildman–Crippen MR) is 103 cm³/mol. The number of aromatic amines is 1. The van der Waals surface area contributed by atoms with Gasteiger partial charge in [-0.1, -0.05) is 26.8 Å². The summed E-state index contributed by atoms with van der Waals surface area (Å²) in [6.45, 7) is 10.2. The van der Waals surface area contributed by atoms with Crippen LogP contribution in [-0.4, -0.2) is 46.2 Å². The Morgan fingerprint density at radius 2 is 2.15 bits per heavy atom. The molecule has 2 heterocycles. The summed E-state index contributed by atoms with van der Waals surface area (Å²) < 4.78 is 5.97. The first-order chi connectivity index (χ1) is 12.5. The smallest absolute Gasteiger partial charge is 0.318 e. The minimum atomic E-state index is -0.214. The van der Waals surface area contributed by atoms with Crippen molar-refractivity contribution in [2.45, 2.75) is 58.6 Å². The van der Waals surface area contributed by atoms with Gasteiger partial charge in [-0.2, -0.15) is 0 Å². The lowest BCUT2D eigenvalue weighted by atomic mass is 9.95. The average Bonchev–Trinajstić information content (AvgIpc) is 3.08. The predicted octanol–water partition coefficient (Wildman–Crippen LogP) is 3.92. The highest BCUT2D eigenvalue weighted by atomic mass is 16.5. The largest absolute Gasteiger partial charge is 0.371 e.